The maximum absolute atomic E-state index is 13.1. The van der Waals surface area contributed by atoms with Crippen LogP contribution in [0.15, 0.2) is 42.5 Å². The smallest absolute Gasteiger partial charge is 0.254 e. The number of carbonyl (C=O) groups is 1. The first kappa shape index (κ1) is 18.6. The van der Waals surface area contributed by atoms with Gasteiger partial charge in [-0.15, -0.1) is 0 Å². The van der Waals surface area contributed by atoms with Crippen LogP contribution in [0.4, 0.5) is 0 Å². The molecule has 2 heterocycles. The Bertz CT molecular complexity index is 820. The molecule has 0 N–H and O–H groups in total. The van der Waals surface area contributed by atoms with E-state index in [9.17, 15) is 4.79 Å². The van der Waals surface area contributed by atoms with Crippen molar-refractivity contribution in [1.29, 1.82) is 0 Å². The summed E-state index contributed by atoms with van der Waals surface area (Å²) >= 11 is 0. The van der Waals surface area contributed by atoms with Crippen molar-refractivity contribution in [3.05, 3.63) is 53.6 Å². The highest BCUT2D eigenvalue weighted by Crippen LogP contribution is 2.38. The molecule has 1 atom stereocenters. The number of rotatable bonds is 6. The molecule has 148 valence electrons. The van der Waals surface area contributed by atoms with Crippen molar-refractivity contribution in [2.45, 2.75) is 18.9 Å². The Morgan fingerprint density at radius 3 is 2.64 bits per heavy atom. The van der Waals surface area contributed by atoms with Crippen molar-refractivity contribution in [2.75, 3.05) is 40.1 Å². The number of benzene rings is 2. The Balaban J connectivity index is 1.48. The summed E-state index contributed by atoms with van der Waals surface area (Å²) in [5, 5.41) is 0. The van der Waals surface area contributed by atoms with E-state index in [0.29, 0.717) is 32.0 Å². The minimum absolute atomic E-state index is 0.0424. The monoisotopic (exact) mass is 383 g/mol. The maximum atomic E-state index is 13.1. The standard InChI is InChI=1S/C22H25NO5/c1-25-11-12-26-18-7-4-16(5-8-18)22(24)23-10-2-3-19(23)17-6-9-20-21(15-17)28-14-13-27-20/h4-9,15,19H,2-3,10-14H2,1H3/t19-/m1/s1. The van der Waals surface area contributed by atoms with Gasteiger partial charge in [0, 0.05) is 19.2 Å². The van der Waals surface area contributed by atoms with Gasteiger partial charge in [-0.1, -0.05) is 6.07 Å². The third-order valence-electron chi connectivity index (χ3n) is 5.12. The summed E-state index contributed by atoms with van der Waals surface area (Å²) in [4.78, 5) is 15.1. The van der Waals surface area contributed by atoms with Gasteiger partial charge in [0.15, 0.2) is 11.5 Å². The molecule has 1 fully saturated rings. The number of amides is 1. The fourth-order valence-corrected chi connectivity index (χ4v) is 3.73. The van der Waals surface area contributed by atoms with E-state index >= 15 is 0 Å². The summed E-state index contributed by atoms with van der Waals surface area (Å²) in [6, 6.07) is 13.4. The molecule has 6 nitrogen and oxygen atoms in total. The van der Waals surface area contributed by atoms with Crippen LogP contribution in [0.25, 0.3) is 0 Å². The van der Waals surface area contributed by atoms with Gasteiger partial charge in [-0.2, -0.15) is 0 Å². The van der Waals surface area contributed by atoms with Gasteiger partial charge in [0.1, 0.15) is 25.6 Å². The van der Waals surface area contributed by atoms with Crippen molar-refractivity contribution in [2.24, 2.45) is 0 Å². The Kier molecular flexibility index (Phi) is 5.67. The third kappa shape index (κ3) is 3.92. The van der Waals surface area contributed by atoms with Gasteiger partial charge in [0.05, 0.1) is 12.6 Å². The van der Waals surface area contributed by atoms with E-state index < -0.39 is 0 Å². The lowest BCUT2D eigenvalue weighted by molar-refractivity contribution is 0.0735. The second-order valence-corrected chi connectivity index (χ2v) is 6.93. The predicted molar refractivity (Wildman–Crippen MR) is 104 cm³/mol. The first-order chi connectivity index (χ1) is 13.8. The molecule has 0 saturated carbocycles. The molecule has 1 amide bonds. The molecule has 0 unspecified atom stereocenters. The van der Waals surface area contributed by atoms with Crippen molar-refractivity contribution in [3.8, 4) is 17.2 Å². The SMILES string of the molecule is COCCOc1ccc(C(=O)N2CCC[C@@H]2c2ccc3c(c2)OCCO3)cc1. The second kappa shape index (κ2) is 8.52. The molecular weight excluding hydrogens is 358 g/mol. The van der Waals surface area contributed by atoms with Gasteiger partial charge in [0.2, 0.25) is 0 Å². The average molecular weight is 383 g/mol. The maximum Gasteiger partial charge on any atom is 0.254 e. The van der Waals surface area contributed by atoms with Crippen LogP contribution in [-0.2, 0) is 4.74 Å². The summed E-state index contributed by atoms with van der Waals surface area (Å²) in [5.41, 5.74) is 1.76. The first-order valence-electron chi connectivity index (χ1n) is 9.68. The molecule has 2 aromatic carbocycles. The highest BCUT2D eigenvalue weighted by Gasteiger charge is 2.31. The Labute approximate surface area is 165 Å². The number of hydrogen-bond donors (Lipinski definition) is 0. The number of hydrogen-bond acceptors (Lipinski definition) is 5. The molecule has 0 aromatic heterocycles. The Hall–Kier alpha value is -2.73. The van der Waals surface area contributed by atoms with Crippen LogP contribution in [0, 0.1) is 0 Å². The summed E-state index contributed by atoms with van der Waals surface area (Å²) in [6.45, 7) is 2.91. The molecule has 28 heavy (non-hydrogen) atoms. The molecule has 2 aromatic rings. The van der Waals surface area contributed by atoms with Gasteiger partial charge in [-0.05, 0) is 54.8 Å². The number of ether oxygens (including phenoxy) is 4. The van der Waals surface area contributed by atoms with Crippen LogP contribution in [0.5, 0.6) is 17.2 Å². The molecule has 0 spiro atoms. The fraction of sp³-hybridized carbons (Fsp3) is 0.409. The number of nitrogens with zero attached hydrogens (tertiary/aromatic N) is 1. The lowest BCUT2D eigenvalue weighted by atomic mass is 10.0. The zero-order valence-corrected chi connectivity index (χ0v) is 16.1. The van der Waals surface area contributed by atoms with E-state index in [1.165, 1.54) is 0 Å². The summed E-state index contributed by atoms with van der Waals surface area (Å²) in [6.07, 6.45) is 1.94. The van der Waals surface area contributed by atoms with Crippen LogP contribution < -0.4 is 14.2 Å². The minimum Gasteiger partial charge on any atom is -0.491 e. The van der Waals surface area contributed by atoms with Crippen LogP contribution in [0.2, 0.25) is 0 Å². The van der Waals surface area contributed by atoms with E-state index in [1.807, 2.05) is 47.4 Å². The Morgan fingerprint density at radius 2 is 1.86 bits per heavy atom. The molecule has 2 aliphatic heterocycles. The second-order valence-electron chi connectivity index (χ2n) is 6.93. The molecule has 0 bridgehead atoms. The van der Waals surface area contributed by atoms with Crippen LogP contribution >= 0.6 is 0 Å². The van der Waals surface area contributed by atoms with E-state index in [-0.39, 0.29) is 11.9 Å². The zero-order valence-electron chi connectivity index (χ0n) is 16.1. The van der Waals surface area contributed by atoms with Gasteiger partial charge in [-0.25, -0.2) is 0 Å². The van der Waals surface area contributed by atoms with Gasteiger partial charge in [-0.3, -0.25) is 4.79 Å². The largest absolute Gasteiger partial charge is 0.491 e. The van der Waals surface area contributed by atoms with E-state index in [2.05, 4.69) is 0 Å². The molecule has 1 saturated heterocycles. The number of likely N-dealkylation sites (tertiary alicyclic amines) is 1. The molecular formula is C22H25NO5. The van der Waals surface area contributed by atoms with Crippen molar-refractivity contribution in [3.63, 3.8) is 0 Å². The van der Waals surface area contributed by atoms with Crippen LogP contribution in [-0.4, -0.2) is 50.9 Å². The molecule has 0 aliphatic carbocycles. The third-order valence-corrected chi connectivity index (χ3v) is 5.12. The van der Waals surface area contributed by atoms with E-state index in [1.54, 1.807) is 7.11 Å². The van der Waals surface area contributed by atoms with Crippen LogP contribution in [0.3, 0.4) is 0 Å². The minimum atomic E-state index is 0.0424. The normalized spacial score (nSPS) is 18.2. The lowest BCUT2D eigenvalue weighted by Gasteiger charge is -2.27. The van der Waals surface area contributed by atoms with Crippen molar-refractivity contribution < 1.29 is 23.7 Å². The molecule has 2 aliphatic rings. The predicted octanol–water partition coefficient (Wildman–Crippen LogP) is 3.46. The summed E-state index contributed by atoms with van der Waals surface area (Å²) in [7, 11) is 1.64. The molecule has 0 radical (unpaired) electrons. The number of carbonyl (C=O) groups excluding carboxylic acids is 1. The van der Waals surface area contributed by atoms with E-state index in [0.717, 1.165) is 42.2 Å². The lowest BCUT2D eigenvalue weighted by Crippen LogP contribution is -2.30. The highest BCUT2D eigenvalue weighted by molar-refractivity contribution is 5.94. The van der Waals surface area contributed by atoms with Crippen molar-refractivity contribution in [1.82, 2.24) is 4.90 Å². The van der Waals surface area contributed by atoms with Crippen LogP contribution in [0.1, 0.15) is 34.8 Å². The summed E-state index contributed by atoms with van der Waals surface area (Å²) < 4.78 is 21.9. The zero-order chi connectivity index (χ0) is 19.3. The quantitative estimate of drug-likeness (QED) is 0.715. The molecule has 6 heteroatoms. The number of methoxy groups -OCH3 is 1. The first-order valence-corrected chi connectivity index (χ1v) is 9.68. The topological polar surface area (TPSA) is 57.2 Å². The molecule has 4 rings (SSSR count). The van der Waals surface area contributed by atoms with Gasteiger partial charge in [0.25, 0.3) is 5.91 Å². The van der Waals surface area contributed by atoms with Gasteiger partial charge >= 0.3 is 0 Å². The average Bonchev–Trinajstić information content (AvgIpc) is 3.23. The highest BCUT2D eigenvalue weighted by atomic mass is 16.6. The van der Waals surface area contributed by atoms with Crippen molar-refractivity contribution >= 4 is 5.91 Å². The Morgan fingerprint density at radius 1 is 1.07 bits per heavy atom. The number of fused-ring (bicyclic) bond motifs is 1. The summed E-state index contributed by atoms with van der Waals surface area (Å²) in [5.74, 6) is 2.31. The fourth-order valence-electron chi connectivity index (χ4n) is 3.73. The van der Waals surface area contributed by atoms with Gasteiger partial charge < -0.3 is 23.8 Å². The van der Waals surface area contributed by atoms with E-state index in [4.69, 9.17) is 18.9 Å².